The van der Waals surface area contributed by atoms with Gasteiger partial charge in [0.2, 0.25) is 17.7 Å². The van der Waals surface area contributed by atoms with E-state index in [0.29, 0.717) is 19.5 Å². The van der Waals surface area contributed by atoms with Crippen LogP contribution >= 0.6 is 0 Å². The summed E-state index contributed by atoms with van der Waals surface area (Å²) in [5.74, 6) is -2.18. The molecule has 3 aliphatic rings. The Bertz CT molecular complexity index is 877. The molecule has 0 aromatic carbocycles. The Balaban J connectivity index is 2.15. The second-order valence-electron chi connectivity index (χ2n) is 10.9. The van der Waals surface area contributed by atoms with Crippen molar-refractivity contribution in [2.24, 2.45) is 17.8 Å². The first-order valence-corrected chi connectivity index (χ1v) is 12.9. The van der Waals surface area contributed by atoms with Gasteiger partial charge in [-0.3, -0.25) is 14.4 Å². The van der Waals surface area contributed by atoms with Gasteiger partial charge in [-0.05, 0) is 39.5 Å². The van der Waals surface area contributed by atoms with Crippen LogP contribution in [0.25, 0.3) is 0 Å². The van der Waals surface area contributed by atoms with E-state index in [1.807, 2.05) is 20.8 Å². The zero-order valence-electron chi connectivity index (χ0n) is 22.2. The number of likely N-dealkylation sites (N-methyl/N-ethyl adjacent to an activating group) is 1. The van der Waals surface area contributed by atoms with Crippen LogP contribution < -0.4 is 0 Å². The quantitative estimate of drug-likeness (QED) is 0.450. The van der Waals surface area contributed by atoms with Crippen LogP contribution in [0.2, 0.25) is 0 Å². The number of amides is 3. The highest BCUT2D eigenvalue weighted by Crippen LogP contribution is 2.65. The average Bonchev–Trinajstić information content (AvgIpc) is 3.33. The Morgan fingerprint density at radius 1 is 1.26 bits per heavy atom. The number of aliphatic hydroxyl groups is 1. The SMILES string of the molecule is C=CCN(C)C(=O)[C@H]1[C@H]2C(=O)N([C@H](C)CO)C(C(=O)N(CC=C)C(C)CCC)C23CC(C)[C@]1(C)O3. The van der Waals surface area contributed by atoms with Crippen molar-refractivity contribution in [3.63, 3.8) is 0 Å². The predicted octanol–water partition coefficient (Wildman–Crippen LogP) is 2.23. The van der Waals surface area contributed by atoms with Crippen molar-refractivity contribution in [2.75, 3.05) is 26.7 Å². The summed E-state index contributed by atoms with van der Waals surface area (Å²) < 4.78 is 6.75. The first-order valence-electron chi connectivity index (χ1n) is 12.9. The number of hydrogen-bond acceptors (Lipinski definition) is 5. The standard InChI is InChI=1S/C27H43N3O5/c1-9-12-18(5)29(14-11-3)25(34)22-27-15-17(4)26(7,35-27)20(23(32)28(8)13-10-2)21(27)24(33)30(22)19(6)16-31/h10-11,17-22,31H,2-3,9,12-16H2,1,4-8H3/t17?,18?,19-,20-,21+,22?,26+,27?/m1/s1. The number of rotatable bonds is 11. The number of carbonyl (C=O) groups is 3. The summed E-state index contributed by atoms with van der Waals surface area (Å²) in [6.07, 6.45) is 5.58. The molecule has 3 aliphatic heterocycles. The number of hydrogen-bond donors (Lipinski definition) is 1. The van der Waals surface area contributed by atoms with E-state index in [2.05, 4.69) is 20.1 Å². The molecule has 3 saturated heterocycles. The molecule has 1 N–H and O–H groups in total. The molecule has 0 radical (unpaired) electrons. The van der Waals surface area contributed by atoms with E-state index in [9.17, 15) is 19.5 Å². The van der Waals surface area contributed by atoms with Crippen LogP contribution in [0.3, 0.4) is 0 Å². The molecule has 0 saturated carbocycles. The van der Waals surface area contributed by atoms with Crippen LogP contribution in [0, 0.1) is 17.8 Å². The fourth-order valence-electron chi connectivity index (χ4n) is 6.77. The number of aliphatic hydroxyl groups excluding tert-OH is 1. The molecular weight excluding hydrogens is 446 g/mol. The Morgan fingerprint density at radius 3 is 2.43 bits per heavy atom. The molecule has 35 heavy (non-hydrogen) atoms. The maximum absolute atomic E-state index is 14.3. The smallest absolute Gasteiger partial charge is 0.248 e. The van der Waals surface area contributed by atoms with Crippen LogP contribution in [-0.4, -0.2) is 93.6 Å². The third kappa shape index (κ3) is 4.02. The summed E-state index contributed by atoms with van der Waals surface area (Å²) in [5, 5.41) is 10.1. The van der Waals surface area contributed by atoms with Crippen LogP contribution in [0.4, 0.5) is 0 Å². The molecule has 2 bridgehead atoms. The Morgan fingerprint density at radius 2 is 1.89 bits per heavy atom. The van der Waals surface area contributed by atoms with E-state index >= 15 is 0 Å². The number of ether oxygens (including phenoxy) is 1. The molecular formula is C27H43N3O5. The van der Waals surface area contributed by atoms with Gasteiger partial charge in [-0.15, -0.1) is 13.2 Å². The summed E-state index contributed by atoms with van der Waals surface area (Å²) in [6, 6.07) is -1.55. The predicted molar refractivity (Wildman–Crippen MR) is 134 cm³/mol. The lowest BCUT2D eigenvalue weighted by atomic mass is 9.62. The number of nitrogens with zero attached hydrogens (tertiary/aromatic N) is 3. The Labute approximate surface area is 210 Å². The fourth-order valence-corrected chi connectivity index (χ4v) is 6.77. The summed E-state index contributed by atoms with van der Waals surface area (Å²) in [5.41, 5.74) is -1.98. The third-order valence-corrected chi connectivity index (χ3v) is 8.62. The lowest BCUT2D eigenvalue weighted by Crippen LogP contribution is -2.59. The number of carbonyl (C=O) groups excluding carboxylic acids is 3. The van der Waals surface area contributed by atoms with Gasteiger partial charge in [0, 0.05) is 26.2 Å². The molecule has 3 heterocycles. The van der Waals surface area contributed by atoms with Crippen LogP contribution in [-0.2, 0) is 19.1 Å². The second-order valence-corrected chi connectivity index (χ2v) is 10.9. The van der Waals surface area contributed by atoms with Gasteiger partial charge in [0.15, 0.2) is 0 Å². The first-order chi connectivity index (χ1) is 16.5. The molecule has 3 fully saturated rings. The number of fused-ring (bicyclic) bond motifs is 1. The lowest BCUT2D eigenvalue weighted by molar-refractivity contribution is -0.157. The molecule has 4 unspecified atom stereocenters. The van der Waals surface area contributed by atoms with Gasteiger partial charge in [-0.1, -0.05) is 32.4 Å². The topological polar surface area (TPSA) is 90.4 Å². The molecule has 0 aromatic rings. The van der Waals surface area contributed by atoms with E-state index in [-0.39, 0.29) is 36.3 Å². The zero-order valence-corrected chi connectivity index (χ0v) is 22.2. The van der Waals surface area contributed by atoms with Gasteiger partial charge in [-0.2, -0.15) is 0 Å². The van der Waals surface area contributed by atoms with Crippen LogP contribution in [0.1, 0.15) is 53.9 Å². The highest BCUT2D eigenvalue weighted by Gasteiger charge is 2.80. The van der Waals surface area contributed by atoms with E-state index in [1.165, 1.54) is 4.90 Å². The van der Waals surface area contributed by atoms with E-state index < -0.39 is 35.1 Å². The third-order valence-electron chi connectivity index (χ3n) is 8.62. The lowest BCUT2D eigenvalue weighted by Gasteiger charge is -2.40. The van der Waals surface area contributed by atoms with Crippen molar-refractivity contribution in [3.05, 3.63) is 25.3 Å². The van der Waals surface area contributed by atoms with Crippen molar-refractivity contribution < 1.29 is 24.2 Å². The normalized spacial score (nSPS) is 34.9. The average molecular weight is 490 g/mol. The molecule has 8 heteroatoms. The van der Waals surface area contributed by atoms with Crippen LogP contribution in [0.5, 0.6) is 0 Å². The van der Waals surface area contributed by atoms with Gasteiger partial charge >= 0.3 is 0 Å². The van der Waals surface area contributed by atoms with Crippen molar-refractivity contribution in [1.82, 2.24) is 14.7 Å². The molecule has 1 spiro atoms. The zero-order chi connectivity index (χ0) is 26.3. The van der Waals surface area contributed by atoms with Gasteiger partial charge < -0.3 is 24.5 Å². The monoisotopic (exact) mass is 489 g/mol. The molecule has 3 rings (SSSR count). The van der Waals surface area contributed by atoms with Crippen molar-refractivity contribution in [1.29, 1.82) is 0 Å². The molecule has 0 aromatic heterocycles. The minimum atomic E-state index is -1.12. The van der Waals surface area contributed by atoms with Gasteiger partial charge in [0.25, 0.3) is 0 Å². The molecule has 3 amide bonds. The maximum atomic E-state index is 14.3. The molecule has 196 valence electrons. The Hall–Kier alpha value is -2.19. The minimum Gasteiger partial charge on any atom is -0.394 e. The maximum Gasteiger partial charge on any atom is 0.248 e. The van der Waals surface area contributed by atoms with E-state index in [1.54, 1.807) is 35.9 Å². The van der Waals surface area contributed by atoms with E-state index in [4.69, 9.17) is 4.74 Å². The van der Waals surface area contributed by atoms with Gasteiger partial charge in [0.1, 0.15) is 11.6 Å². The van der Waals surface area contributed by atoms with Gasteiger partial charge in [0.05, 0.1) is 30.1 Å². The number of likely N-dealkylation sites (tertiary alicyclic amines) is 1. The van der Waals surface area contributed by atoms with E-state index in [0.717, 1.165) is 12.8 Å². The van der Waals surface area contributed by atoms with Gasteiger partial charge in [-0.25, -0.2) is 0 Å². The summed E-state index contributed by atoms with van der Waals surface area (Å²) in [6.45, 7) is 17.7. The second kappa shape index (κ2) is 10.1. The van der Waals surface area contributed by atoms with Crippen molar-refractivity contribution in [3.8, 4) is 0 Å². The summed E-state index contributed by atoms with van der Waals surface area (Å²) in [7, 11) is 1.70. The highest BCUT2D eigenvalue weighted by atomic mass is 16.5. The van der Waals surface area contributed by atoms with Crippen LogP contribution in [0.15, 0.2) is 25.3 Å². The summed E-state index contributed by atoms with van der Waals surface area (Å²) in [4.78, 5) is 46.9. The Kier molecular flexibility index (Phi) is 7.87. The largest absolute Gasteiger partial charge is 0.394 e. The molecule has 8 atom stereocenters. The summed E-state index contributed by atoms with van der Waals surface area (Å²) >= 11 is 0. The minimum absolute atomic E-state index is 0.0294. The first kappa shape index (κ1) is 27.4. The van der Waals surface area contributed by atoms with Crippen molar-refractivity contribution >= 4 is 17.7 Å². The molecule has 0 aliphatic carbocycles. The van der Waals surface area contributed by atoms with Crippen molar-refractivity contribution in [2.45, 2.75) is 83.2 Å². The highest BCUT2D eigenvalue weighted by molar-refractivity contribution is 5.99. The molecule has 8 nitrogen and oxygen atoms in total. The fraction of sp³-hybridized carbons (Fsp3) is 0.741.